The molecule has 0 fully saturated rings. The Hall–Kier alpha value is -3.67. The van der Waals surface area contributed by atoms with Gasteiger partial charge in [-0.05, 0) is 61.4 Å². The Kier molecular flexibility index (Phi) is 5.69. The van der Waals surface area contributed by atoms with Crippen molar-refractivity contribution in [2.75, 3.05) is 5.32 Å². The number of carbonyl (C=O) groups excluding carboxylic acids is 2. The van der Waals surface area contributed by atoms with E-state index in [-0.39, 0.29) is 18.0 Å². The molecule has 0 atom stereocenters. The number of aryl methyl sites for hydroxylation is 1. The second kappa shape index (κ2) is 8.35. The van der Waals surface area contributed by atoms with Gasteiger partial charge in [-0.15, -0.1) is 0 Å². The lowest BCUT2D eigenvalue weighted by Gasteiger charge is -2.11. The molecule has 3 aromatic rings. The van der Waals surface area contributed by atoms with Crippen molar-refractivity contribution < 1.29 is 14.4 Å². The van der Waals surface area contributed by atoms with E-state index in [1.807, 2.05) is 31.2 Å². The fourth-order valence-corrected chi connectivity index (χ4v) is 2.65. The van der Waals surface area contributed by atoms with Crippen LogP contribution in [0.1, 0.15) is 38.8 Å². The summed E-state index contributed by atoms with van der Waals surface area (Å²) in [4.78, 5) is 42.0. The van der Waals surface area contributed by atoms with E-state index in [0.717, 1.165) is 15.9 Å². The highest BCUT2D eigenvalue weighted by atomic mass is 16.7. The molecule has 0 saturated carbocycles. The Balaban J connectivity index is 1.74. The van der Waals surface area contributed by atoms with Gasteiger partial charge in [-0.25, -0.2) is 0 Å². The van der Waals surface area contributed by atoms with Crippen LogP contribution in [-0.4, -0.2) is 16.4 Å². The standard InChI is InChI=1S/C22H20N2O4/c1-15-6-3-4-7-18(15)14-28-24-13-5-8-20(22(24)27)21(26)23-19-11-9-17(10-12-19)16(2)25/h3-13H,14H2,1-2H3,(H,23,26). The van der Waals surface area contributed by atoms with Crippen molar-refractivity contribution in [2.45, 2.75) is 20.5 Å². The summed E-state index contributed by atoms with van der Waals surface area (Å²) < 4.78 is 1.06. The smallest absolute Gasteiger partial charge is 0.295 e. The molecule has 0 bridgehead atoms. The third-order valence-corrected chi connectivity index (χ3v) is 4.33. The number of hydrogen-bond donors (Lipinski definition) is 1. The second-order valence-corrected chi connectivity index (χ2v) is 6.34. The van der Waals surface area contributed by atoms with Crippen LogP contribution in [-0.2, 0) is 6.61 Å². The highest BCUT2D eigenvalue weighted by Gasteiger charge is 2.13. The Bertz CT molecular complexity index is 1070. The molecule has 0 aliphatic rings. The first-order chi connectivity index (χ1) is 13.5. The number of anilines is 1. The zero-order valence-electron chi connectivity index (χ0n) is 15.6. The number of benzene rings is 2. The number of aromatic nitrogens is 1. The topological polar surface area (TPSA) is 77.4 Å². The first-order valence-corrected chi connectivity index (χ1v) is 8.77. The molecule has 0 aliphatic heterocycles. The van der Waals surface area contributed by atoms with Crippen LogP contribution in [0.5, 0.6) is 0 Å². The van der Waals surface area contributed by atoms with Gasteiger partial charge in [0.2, 0.25) is 0 Å². The van der Waals surface area contributed by atoms with Crippen molar-refractivity contribution in [3.8, 4) is 0 Å². The minimum atomic E-state index is -0.547. The second-order valence-electron chi connectivity index (χ2n) is 6.34. The lowest BCUT2D eigenvalue weighted by molar-refractivity contribution is 0.0861. The van der Waals surface area contributed by atoms with E-state index in [0.29, 0.717) is 11.3 Å². The van der Waals surface area contributed by atoms with Crippen molar-refractivity contribution in [2.24, 2.45) is 0 Å². The summed E-state index contributed by atoms with van der Waals surface area (Å²) in [6, 6.07) is 17.2. The summed E-state index contributed by atoms with van der Waals surface area (Å²) in [7, 11) is 0. The van der Waals surface area contributed by atoms with Crippen molar-refractivity contribution in [1.29, 1.82) is 0 Å². The summed E-state index contributed by atoms with van der Waals surface area (Å²) in [5, 5.41) is 2.66. The lowest BCUT2D eigenvalue weighted by Crippen LogP contribution is -2.32. The monoisotopic (exact) mass is 376 g/mol. The average Bonchev–Trinajstić information content (AvgIpc) is 2.68. The number of nitrogens with zero attached hydrogens (tertiary/aromatic N) is 1. The van der Waals surface area contributed by atoms with Crippen LogP contribution in [0, 0.1) is 6.92 Å². The van der Waals surface area contributed by atoms with Gasteiger partial charge in [0.25, 0.3) is 11.5 Å². The molecule has 1 amide bonds. The predicted octanol–water partition coefficient (Wildman–Crippen LogP) is 3.24. The molecular weight excluding hydrogens is 356 g/mol. The van der Waals surface area contributed by atoms with E-state index in [9.17, 15) is 14.4 Å². The van der Waals surface area contributed by atoms with Gasteiger partial charge in [-0.1, -0.05) is 24.3 Å². The third kappa shape index (κ3) is 4.35. The molecule has 0 spiro atoms. The highest BCUT2D eigenvalue weighted by molar-refractivity contribution is 6.04. The van der Waals surface area contributed by atoms with Crippen molar-refractivity contribution in [3.63, 3.8) is 0 Å². The van der Waals surface area contributed by atoms with Gasteiger partial charge in [0.15, 0.2) is 5.78 Å². The molecule has 1 aromatic heterocycles. The highest BCUT2D eigenvalue weighted by Crippen LogP contribution is 2.11. The lowest BCUT2D eigenvalue weighted by atomic mass is 10.1. The van der Waals surface area contributed by atoms with Crippen molar-refractivity contribution in [1.82, 2.24) is 4.73 Å². The molecule has 0 aliphatic carbocycles. The van der Waals surface area contributed by atoms with Crippen molar-refractivity contribution >= 4 is 17.4 Å². The van der Waals surface area contributed by atoms with Crippen LogP contribution in [0.3, 0.4) is 0 Å². The van der Waals surface area contributed by atoms with Crippen LogP contribution in [0.25, 0.3) is 0 Å². The van der Waals surface area contributed by atoms with Gasteiger partial charge >= 0.3 is 0 Å². The summed E-state index contributed by atoms with van der Waals surface area (Å²) in [6.45, 7) is 3.64. The molecule has 2 aromatic carbocycles. The van der Waals surface area contributed by atoms with Gasteiger partial charge in [0, 0.05) is 17.4 Å². The van der Waals surface area contributed by atoms with E-state index in [2.05, 4.69) is 5.32 Å². The largest absolute Gasteiger partial charge is 0.406 e. The fourth-order valence-electron chi connectivity index (χ4n) is 2.65. The number of Topliss-reactive ketones (excluding diaryl/α,β-unsaturated/α-hetero) is 1. The number of carbonyl (C=O) groups is 2. The molecule has 1 heterocycles. The number of rotatable bonds is 6. The molecule has 1 N–H and O–H groups in total. The minimum absolute atomic E-state index is 0.0390. The molecule has 0 radical (unpaired) electrons. The summed E-state index contributed by atoms with van der Waals surface area (Å²) in [6.07, 6.45) is 1.47. The SMILES string of the molecule is CC(=O)c1ccc(NC(=O)c2cccn(OCc3ccccc3C)c2=O)cc1. The van der Waals surface area contributed by atoms with E-state index in [1.165, 1.54) is 19.2 Å². The van der Waals surface area contributed by atoms with Crippen LogP contribution in [0.2, 0.25) is 0 Å². The first kappa shape index (κ1) is 19.1. The maximum Gasteiger partial charge on any atom is 0.295 e. The van der Waals surface area contributed by atoms with E-state index >= 15 is 0 Å². The molecule has 3 rings (SSSR count). The van der Waals surface area contributed by atoms with Gasteiger partial charge in [0.05, 0.1) is 0 Å². The normalized spacial score (nSPS) is 10.4. The number of ketones is 1. The Morgan fingerprint density at radius 3 is 2.39 bits per heavy atom. The Morgan fingerprint density at radius 2 is 1.71 bits per heavy atom. The fraction of sp³-hybridized carbons (Fsp3) is 0.136. The minimum Gasteiger partial charge on any atom is -0.406 e. The molecule has 6 heteroatoms. The van der Waals surface area contributed by atoms with Gasteiger partial charge in [0.1, 0.15) is 12.2 Å². The number of pyridine rings is 1. The van der Waals surface area contributed by atoms with Crippen molar-refractivity contribution in [3.05, 3.63) is 99.5 Å². The maximum absolute atomic E-state index is 12.6. The number of nitrogens with one attached hydrogen (secondary N) is 1. The number of amides is 1. The molecule has 0 unspecified atom stereocenters. The van der Waals surface area contributed by atoms with Gasteiger partial charge in [-0.3, -0.25) is 14.4 Å². The van der Waals surface area contributed by atoms with E-state index in [4.69, 9.17) is 4.84 Å². The summed E-state index contributed by atoms with van der Waals surface area (Å²) in [5.74, 6) is -0.607. The van der Waals surface area contributed by atoms with Crippen LogP contribution >= 0.6 is 0 Å². The molecule has 142 valence electrons. The first-order valence-electron chi connectivity index (χ1n) is 8.77. The van der Waals surface area contributed by atoms with Crippen LogP contribution in [0.4, 0.5) is 5.69 Å². The third-order valence-electron chi connectivity index (χ3n) is 4.33. The van der Waals surface area contributed by atoms with Gasteiger partial charge in [-0.2, -0.15) is 4.73 Å². The average molecular weight is 376 g/mol. The van der Waals surface area contributed by atoms with Crippen LogP contribution in [0.15, 0.2) is 71.7 Å². The molecule has 0 saturated heterocycles. The van der Waals surface area contributed by atoms with E-state index in [1.54, 1.807) is 30.3 Å². The zero-order valence-corrected chi connectivity index (χ0v) is 15.6. The number of hydrogen-bond acceptors (Lipinski definition) is 4. The molecule has 28 heavy (non-hydrogen) atoms. The molecule has 6 nitrogen and oxygen atoms in total. The summed E-state index contributed by atoms with van der Waals surface area (Å²) in [5.41, 5.74) is 2.46. The zero-order chi connectivity index (χ0) is 20.1. The predicted molar refractivity (Wildman–Crippen MR) is 107 cm³/mol. The van der Waals surface area contributed by atoms with Crippen LogP contribution < -0.4 is 15.7 Å². The maximum atomic E-state index is 12.6. The van der Waals surface area contributed by atoms with Gasteiger partial charge < -0.3 is 10.2 Å². The van der Waals surface area contributed by atoms with E-state index < -0.39 is 11.5 Å². The molecular formula is C22H20N2O4. The Labute approximate surface area is 162 Å². The quantitative estimate of drug-likeness (QED) is 0.670. The summed E-state index contributed by atoms with van der Waals surface area (Å²) >= 11 is 0. The Morgan fingerprint density at radius 1 is 1.00 bits per heavy atom.